The van der Waals surface area contributed by atoms with E-state index in [0.717, 1.165) is 23.7 Å². The van der Waals surface area contributed by atoms with Crippen LogP contribution in [-0.2, 0) is 0 Å². The summed E-state index contributed by atoms with van der Waals surface area (Å²) in [7, 11) is 5.48. The van der Waals surface area contributed by atoms with Crippen molar-refractivity contribution in [3.05, 3.63) is 51.8 Å². The molecule has 0 saturated carbocycles. The Balaban J connectivity index is 2.04. The van der Waals surface area contributed by atoms with Crippen molar-refractivity contribution in [2.75, 3.05) is 39.2 Å². The van der Waals surface area contributed by atoms with E-state index in [9.17, 15) is 9.18 Å². The minimum atomic E-state index is -0.498. The summed E-state index contributed by atoms with van der Waals surface area (Å²) < 4.78 is 19.6. The molecular weight excluding hydrogens is 436 g/mol. The third kappa shape index (κ3) is 4.80. The number of anilines is 1. The molecule has 0 aliphatic heterocycles. The van der Waals surface area contributed by atoms with Gasteiger partial charge in [0, 0.05) is 6.54 Å². The lowest BCUT2D eigenvalue weighted by Crippen LogP contribution is -2.33. The molecule has 3 rings (SSSR count). The molecule has 0 N–H and O–H groups in total. The molecule has 1 amide bonds. The summed E-state index contributed by atoms with van der Waals surface area (Å²) in [6, 6.07) is 7.21. The monoisotopic (exact) mass is 455 g/mol. The van der Waals surface area contributed by atoms with Crippen LogP contribution in [0.15, 0.2) is 30.3 Å². The molecule has 0 unspecified atom stereocenters. The molecule has 3 aromatic rings. The van der Waals surface area contributed by atoms with Gasteiger partial charge in [-0.05, 0) is 57.4 Å². The van der Waals surface area contributed by atoms with Crippen LogP contribution in [0.4, 0.5) is 9.52 Å². The highest BCUT2D eigenvalue weighted by Gasteiger charge is 2.24. The summed E-state index contributed by atoms with van der Waals surface area (Å²) in [5.74, 6) is -0.266. The van der Waals surface area contributed by atoms with E-state index in [4.69, 9.17) is 27.9 Å². The second kappa shape index (κ2) is 9.26. The Morgan fingerprint density at radius 2 is 1.93 bits per heavy atom. The number of fused-ring (bicyclic) bond motifs is 1. The number of carbonyl (C=O) groups is 1. The van der Waals surface area contributed by atoms with Crippen molar-refractivity contribution in [1.29, 1.82) is 0 Å². The third-order valence-corrected chi connectivity index (χ3v) is 6.14. The number of hydrogen-bond acceptors (Lipinski definition) is 5. The first kappa shape index (κ1) is 21.8. The molecule has 154 valence electrons. The van der Waals surface area contributed by atoms with Crippen molar-refractivity contribution in [3.8, 4) is 5.75 Å². The number of rotatable bonds is 7. The van der Waals surface area contributed by atoms with Gasteiger partial charge in [0.1, 0.15) is 17.1 Å². The summed E-state index contributed by atoms with van der Waals surface area (Å²) in [5.41, 5.74) is 0.811. The van der Waals surface area contributed by atoms with Crippen LogP contribution in [0.2, 0.25) is 10.0 Å². The molecule has 1 aromatic heterocycles. The molecule has 0 atom stereocenters. The van der Waals surface area contributed by atoms with Crippen molar-refractivity contribution in [2.24, 2.45) is 0 Å². The minimum absolute atomic E-state index is 0.0596. The molecule has 0 spiro atoms. The van der Waals surface area contributed by atoms with Crippen LogP contribution in [0.25, 0.3) is 10.2 Å². The largest absolute Gasteiger partial charge is 0.494 e. The van der Waals surface area contributed by atoms with Crippen LogP contribution in [0.5, 0.6) is 5.75 Å². The number of carbonyl (C=O) groups excluding carboxylic acids is 1. The molecule has 0 bridgehead atoms. The van der Waals surface area contributed by atoms with E-state index in [1.165, 1.54) is 23.5 Å². The number of ether oxygens (including phenoxy) is 1. The van der Waals surface area contributed by atoms with Gasteiger partial charge in [-0.3, -0.25) is 9.69 Å². The fourth-order valence-electron chi connectivity index (χ4n) is 2.86. The van der Waals surface area contributed by atoms with Crippen LogP contribution >= 0.6 is 34.5 Å². The summed E-state index contributed by atoms with van der Waals surface area (Å²) in [4.78, 5) is 21.5. The van der Waals surface area contributed by atoms with Crippen LogP contribution < -0.4 is 9.64 Å². The van der Waals surface area contributed by atoms with Crippen LogP contribution in [0.1, 0.15) is 16.8 Å². The Hall–Kier alpha value is -1.93. The number of amides is 1. The van der Waals surface area contributed by atoms with Crippen molar-refractivity contribution in [1.82, 2.24) is 9.88 Å². The average molecular weight is 456 g/mol. The fourth-order valence-corrected chi connectivity index (χ4v) is 4.39. The first-order valence-electron chi connectivity index (χ1n) is 8.86. The van der Waals surface area contributed by atoms with E-state index in [1.54, 1.807) is 24.1 Å². The molecule has 1 heterocycles. The summed E-state index contributed by atoms with van der Waals surface area (Å²) in [6.07, 6.45) is 0.721. The van der Waals surface area contributed by atoms with Gasteiger partial charge in [-0.15, -0.1) is 0 Å². The zero-order valence-electron chi connectivity index (χ0n) is 16.2. The molecule has 29 heavy (non-hydrogen) atoms. The van der Waals surface area contributed by atoms with Gasteiger partial charge in [0.15, 0.2) is 5.13 Å². The van der Waals surface area contributed by atoms with E-state index < -0.39 is 5.82 Å². The Kier molecular flexibility index (Phi) is 6.95. The van der Waals surface area contributed by atoms with Crippen LogP contribution in [0.3, 0.4) is 0 Å². The minimum Gasteiger partial charge on any atom is -0.494 e. The van der Waals surface area contributed by atoms with Gasteiger partial charge in [-0.2, -0.15) is 0 Å². The number of benzene rings is 2. The van der Waals surface area contributed by atoms with Crippen molar-refractivity contribution < 1.29 is 13.9 Å². The Labute approximate surface area is 182 Å². The normalized spacial score (nSPS) is 11.3. The number of nitrogens with zero attached hydrogens (tertiary/aromatic N) is 3. The van der Waals surface area contributed by atoms with Gasteiger partial charge in [0.25, 0.3) is 5.91 Å². The molecule has 9 heteroatoms. The van der Waals surface area contributed by atoms with Gasteiger partial charge < -0.3 is 9.64 Å². The van der Waals surface area contributed by atoms with Crippen molar-refractivity contribution in [2.45, 2.75) is 6.42 Å². The number of methoxy groups -OCH3 is 1. The fraction of sp³-hybridized carbons (Fsp3) is 0.300. The summed E-state index contributed by atoms with van der Waals surface area (Å²) in [6.45, 7) is 1.21. The second-order valence-corrected chi connectivity index (χ2v) is 8.45. The van der Waals surface area contributed by atoms with Gasteiger partial charge in [-0.1, -0.05) is 34.5 Å². The Morgan fingerprint density at radius 1 is 1.17 bits per heavy atom. The third-order valence-electron chi connectivity index (χ3n) is 4.29. The quantitative estimate of drug-likeness (QED) is 0.481. The second-order valence-electron chi connectivity index (χ2n) is 6.66. The number of hydrogen-bond donors (Lipinski definition) is 0. The molecule has 0 radical (unpaired) electrons. The van der Waals surface area contributed by atoms with Gasteiger partial charge >= 0.3 is 0 Å². The SMILES string of the molecule is COc1ccc(Cl)c2sc(N(CCCN(C)C)C(=O)c3ccc(F)cc3Cl)nc12. The van der Waals surface area contributed by atoms with E-state index in [-0.39, 0.29) is 16.5 Å². The molecule has 0 aliphatic rings. The van der Waals surface area contributed by atoms with E-state index in [1.807, 2.05) is 19.0 Å². The predicted molar refractivity (Wildman–Crippen MR) is 117 cm³/mol. The maximum atomic E-state index is 13.4. The topological polar surface area (TPSA) is 45.7 Å². The molecule has 5 nitrogen and oxygen atoms in total. The maximum absolute atomic E-state index is 13.4. The van der Waals surface area contributed by atoms with Crippen LogP contribution in [-0.4, -0.2) is 50.1 Å². The van der Waals surface area contributed by atoms with Gasteiger partial charge in [-0.25, -0.2) is 9.37 Å². The molecule has 0 aliphatic carbocycles. The van der Waals surface area contributed by atoms with Gasteiger partial charge in [0.2, 0.25) is 0 Å². The smallest absolute Gasteiger partial charge is 0.261 e. The number of thiazole rings is 1. The highest BCUT2D eigenvalue weighted by atomic mass is 35.5. The first-order chi connectivity index (χ1) is 13.8. The first-order valence-corrected chi connectivity index (χ1v) is 10.4. The number of halogens is 3. The van der Waals surface area contributed by atoms with E-state index in [2.05, 4.69) is 4.98 Å². The van der Waals surface area contributed by atoms with Crippen molar-refractivity contribution in [3.63, 3.8) is 0 Å². The van der Waals surface area contributed by atoms with E-state index in [0.29, 0.717) is 28.0 Å². The molecule has 0 saturated heterocycles. The zero-order valence-corrected chi connectivity index (χ0v) is 18.5. The Morgan fingerprint density at radius 3 is 2.59 bits per heavy atom. The van der Waals surface area contributed by atoms with Crippen LogP contribution in [0, 0.1) is 5.82 Å². The zero-order chi connectivity index (χ0) is 21.1. The van der Waals surface area contributed by atoms with Gasteiger partial charge in [0.05, 0.1) is 27.4 Å². The lowest BCUT2D eigenvalue weighted by atomic mass is 10.2. The molecule has 0 fully saturated rings. The molecule has 2 aromatic carbocycles. The average Bonchev–Trinajstić information content (AvgIpc) is 3.11. The highest BCUT2D eigenvalue weighted by Crippen LogP contribution is 2.39. The summed E-state index contributed by atoms with van der Waals surface area (Å²) in [5, 5.41) is 1.07. The predicted octanol–water partition coefficient (Wildman–Crippen LogP) is 5.35. The lowest BCUT2D eigenvalue weighted by Gasteiger charge is -2.21. The lowest BCUT2D eigenvalue weighted by molar-refractivity contribution is 0.0986. The Bertz CT molecular complexity index is 1040. The summed E-state index contributed by atoms with van der Waals surface area (Å²) >= 11 is 13.8. The maximum Gasteiger partial charge on any atom is 0.261 e. The number of aromatic nitrogens is 1. The van der Waals surface area contributed by atoms with E-state index >= 15 is 0 Å². The standard InChI is InChI=1S/C20H20Cl2FN3O2S/c1-25(2)9-4-10-26(19(27)13-6-5-12(23)11-15(13)22)20-24-17-16(28-3)8-7-14(21)18(17)29-20/h5-8,11H,4,9-10H2,1-3H3. The van der Waals surface area contributed by atoms with Crippen molar-refractivity contribution >= 4 is 55.8 Å². The highest BCUT2D eigenvalue weighted by molar-refractivity contribution is 7.23. The molecular formula is C20H20Cl2FN3O2S.